The second kappa shape index (κ2) is 5.85. The zero-order valence-electron chi connectivity index (χ0n) is 13.0. The summed E-state index contributed by atoms with van der Waals surface area (Å²) >= 11 is 6.02. The molecule has 122 valence electrons. The van der Waals surface area contributed by atoms with Gasteiger partial charge in [-0.3, -0.25) is 18.7 Å². The maximum atomic E-state index is 12.7. The Morgan fingerprint density at radius 2 is 2.09 bits per heavy atom. The van der Waals surface area contributed by atoms with E-state index >= 15 is 0 Å². The van der Waals surface area contributed by atoms with Crippen molar-refractivity contribution in [2.75, 3.05) is 0 Å². The van der Waals surface area contributed by atoms with Crippen LogP contribution in [0.4, 0.5) is 0 Å². The van der Waals surface area contributed by atoms with E-state index in [0.29, 0.717) is 15.9 Å². The molecule has 0 saturated heterocycles. The summed E-state index contributed by atoms with van der Waals surface area (Å²) in [5.41, 5.74) is -0.475. The number of carbonyl (C=O) groups is 1. The molecule has 1 N–H and O–H groups in total. The maximum absolute atomic E-state index is 12.7. The average molecular weight is 336 g/mol. The predicted molar refractivity (Wildman–Crippen MR) is 89.0 cm³/mol. The first-order chi connectivity index (χ1) is 10.9. The molecule has 2 aromatic rings. The Labute approximate surface area is 137 Å². The first-order valence-electron chi connectivity index (χ1n) is 7.69. The van der Waals surface area contributed by atoms with Gasteiger partial charge in [-0.2, -0.15) is 0 Å². The predicted octanol–water partition coefficient (Wildman–Crippen LogP) is 1.68. The van der Waals surface area contributed by atoms with Crippen LogP contribution >= 0.6 is 11.6 Å². The highest BCUT2D eigenvalue weighted by Crippen LogP contribution is 2.22. The van der Waals surface area contributed by atoms with E-state index in [2.05, 4.69) is 5.32 Å². The molecule has 1 amide bonds. The van der Waals surface area contributed by atoms with Gasteiger partial charge in [0.2, 0.25) is 5.91 Å². The Balaban J connectivity index is 2.24. The van der Waals surface area contributed by atoms with Gasteiger partial charge < -0.3 is 5.32 Å². The maximum Gasteiger partial charge on any atom is 0.332 e. The molecule has 3 rings (SSSR count). The summed E-state index contributed by atoms with van der Waals surface area (Å²) in [6.45, 7) is 3.63. The van der Waals surface area contributed by atoms with E-state index in [0.717, 1.165) is 17.4 Å². The summed E-state index contributed by atoms with van der Waals surface area (Å²) in [5, 5.41) is 3.68. The van der Waals surface area contributed by atoms with E-state index in [4.69, 9.17) is 11.6 Å². The van der Waals surface area contributed by atoms with Crippen molar-refractivity contribution < 1.29 is 4.79 Å². The molecule has 23 heavy (non-hydrogen) atoms. The molecule has 1 unspecified atom stereocenters. The lowest BCUT2D eigenvalue weighted by Crippen LogP contribution is -2.44. The molecule has 1 atom stereocenters. The van der Waals surface area contributed by atoms with Crippen LogP contribution in [0.1, 0.15) is 32.7 Å². The number of nitrogens with zero attached hydrogens (tertiary/aromatic N) is 2. The first-order valence-corrected chi connectivity index (χ1v) is 8.06. The Morgan fingerprint density at radius 1 is 1.39 bits per heavy atom. The standard InChI is InChI=1S/C16H18ClN3O3/c1-3-19-15(22)12-7-4-10(17)8-13(12)20(16(19)23)9(2)14(21)18-11-5-6-11/h4,7-9,11H,3,5-6H2,1-2H3,(H,18,21). The number of nitrogens with one attached hydrogen (secondary N) is 1. The van der Waals surface area contributed by atoms with Gasteiger partial charge in [-0.05, 0) is 44.9 Å². The molecule has 1 aliphatic carbocycles. The molecule has 1 aliphatic rings. The summed E-state index contributed by atoms with van der Waals surface area (Å²) in [7, 11) is 0. The Hall–Kier alpha value is -2.08. The Bertz CT molecular complexity index is 896. The lowest BCUT2D eigenvalue weighted by molar-refractivity contribution is -0.124. The molecule has 1 aromatic carbocycles. The monoisotopic (exact) mass is 335 g/mol. The van der Waals surface area contributed by atoms with Gasteiger partial charge in [0.15, 0.2) is 0 Å². The average Bonchev–Trinajstić information content (AvgIpc) is 3.31. The van der Waals surface area contributed by atoms with Crippen LogP contribution in [0.25, 0.3) is 10.9 Å². The van der Waals surface area contributed by atoms with Gasteiger partial charge in [-0.15, -0.1) is 0 Å². The van der Waals surface area contributed by atoms with Gasteiger partial charge in [0.25, 0.3) is 5.56 Å². The minimum Gasteiger partial charge on any atom is -0.352 e. The van der Waals surface area contributed by atoms with E-state index in [1.54, 1.807) is 32.0 Å². The number of rotatable bonds is 4. The van der Waals surface area contributed by atoms with E-state index in [1.165, 1.54) is 4.57 Å². The van der Waals surface area contributed by atoms with Crippen LogP contribution in [0.5, 0.6) is 0 Å². The van der Waals surface area contributed by atoms with E-state index < -0.39 is 11.7 Å². The van der Waals surface area contributed by atoms with E-state index in [1.807, 2.05) is 0 Å². The molecular weight excluding hydrogens is 318 g/mol. The number of carbonyl (C=O) groups excluding carboxylic acids is 1. The molecule has 1 heterocycles. The first kappa shape index (κ1) is 15.8. The fraction of sp³-hybridized carbons (Fsp3) is 0.438. The SMILES string of the molecule is CCn1c(=O)c2ccc(Cl)cc2n(C(C)C(=O)NC2CC2)c1=O. The highest BCUT2D eigenvalue weighted by molar-refractivity contribution is 6.31. The normalized spacial score (nSPS) is 15.6. The molecular formula is C16H18ClN3O3. The second-order valence-corrected chi connectivity index (χ2v) is 6.26. The Morgan fingerprint density at radius 3 is 2.70 bits per heavy atom. The number of hydrogen-bond acceptors (Lipinski definition) is 3. The van der Waals surface area contributed by atoms with Crippen molar-refractivity contribution in [3.63, 3.8) is 0 Å². The van der Waals surface area contributed by atoms with Crippen LogP contribution in [0.15, 0.2) is 27.8 Å². The van der Waals surface area contributed by atoms with Crippen LogP contribution in [-0.4, -0.2) is 21.1 Å². The lowest BCUT2D eigenvalue weighted by atomic mass is 10.2. The summed E-state index contributed by atoms with van der Waals surface area (Å²) < 4.78 is 2.49. The number of fused-ring (bicyclic) bond motifs is 1. The molecule has 0 spiro atoms. The summed E-state index contributed by atoms with van der Waals surface area (Å²) in [6.07, 6.45) is 1.93. The molecule has 1 fully saturated rings. The number of aromatic nitrogens is 2. The van der Waals surface area contributed by atoms with Gasteiger partial charge >= 0.3 is 5.69 Å². The minimum atomic E-state index is -0.720. The summed E-state index contributed by atoms with van der Waals surface area (Å²) in [5.74, 6) is -0.225. The lowest BCUT2D eigenvalue weighted by Gasteiger charge is -2.19. The fourth-order valence-electron chi connectivity index (χ4n) is 2.67. The van der Waals surface area contributed by atoms with Crippen molar-refractivity contribution in [1.82, 2.24) is 14.5 Å². The number of halogens is 1. The molecule has 0 radical (unpaired) electrons. The summed E-state index contributed by atoms with van der Waals surface area (Å²) in [4.78, 5) is 37.5. The molecule has 1 aromatic heterocycles. The van der Waals surface area contributed by atoms with Gasteiger partial charge in [0.1, 0.15) is 6.04 Å². The molecule has 0 bridgehead atoms. The highest BCUT2D eigenvalue weighted by Gasteiger charge is 2.28. The molecule has 6 nitrogen and oxygen atoms in total. The van der Waals surface area contributed by atoms with Crippen LogP contribution in [0.2, 0.25) is 5.02 Å². The zero-order chi connectivity index (χ0) is 16.7. The van der Waals surface area contributed by atoms with Gasteiger partial charge in [0, 0.05) is 17.6 Å². The zero-order valence-corrected chi connectivity index (χ0v) is 13.8. The number of amides is 1. The molecule has 1 saturated carbocycles. The van der Waals surface area contributed by atoms with Gasteiger partial charge in [0.05, 0.1) is 10.9 Å². The van der Waals surface area contributed by atoms with E-state index in [-0.39, 0.29) is 24.1 Å². The van der Waals surface area contributed by atoms with Crippen molar-refractivity contribution >= 4 is 28.4 Å². The quantitative estimate of drug-likeness (QED) is 0.923. The van der Waals surface area contributed by atoms with Crippen LogP contribution < -0.4 is 16.6 Å². The van der Waals surface area contributed by atoms with E-state index in [9.17, 15) is 14.4 Å². The van der Waals surface area contributed by atoms with Gasteiger partial charge in [-0.1, -0.05) is 11.6 Å². The summed E-state index contributed by atoms with van der Waals surface area (Å²) in [6, 6.07) is 4.23. The van der Waals surface area contributed by atoms with Crippen molar-refractivity contribution in [2.45, 2.75) is 45.3 Å². The highest BCUT2D eigenvalue weighted by atomic mass is 35.5. The van der Waals surface area contributed by atoms with Crippen molar-refractivity contribution in [1.29, 1.82) is 0 Å². The second-order valence-electron chi connectivity index (χ2n) is 5.82. The Kier molecular flexibility index (Phi) is 4.02. The minimum absolute atomic E-state index is 0.201. The number of hydrogen-bond donors (Lipinski definition) is 1. The van der Waals surface area contributed by atoms with Crippen LogP contribution in [0, 0.1) is 0 Å². The van der Waals surface area contributed by atoms with Gasteiger partial charge in [-0.25, -0.2) is 4.79 Å². The third-order valence-corrected chi connectivity index (χ3v) is 4.37. The third-order valence-electron chi connectivity index (χ3n) is 4.14. The molecule has 7 heteroatoms. The van der Waals surface area contributed by atoms with Crippen molar-refractivity contribution in [2.24, 2.45) is 0 Å². The number of benzene rings is 1. The van der Waals surface area contributed by atoms with Crippen molar-refractivity contribution in [3.8, 4) is 0 Å². The fourth-order valence-corrected chi connectivity index (χ4v) is 2.84. The third kappa shape index (κ3) is 2.79. The van der Waals surface area contributed by atoms with Crippen LogP contribution in [-0.2, 0) is 11.3 Å². The smallest absolute Gasteiger partial charge is 0.332 e. The topological polar surface area (TPSA) is 73.1 Å². The van der Waals surface area contributed by atoms with Crippen molar-refractivity contribution in [3.05, 3.63) is 44.1 Å². The van der Waals surface area contributed by atoms with Crippen LogP contribution in [0.3, 0.4) is 0 Å². The molecule has 0 aliphatic heterocycles. The largest absolute Gasteiger partial charge is 0.352 e.